The van der Waals surface area contributed by atoms with Gasteiger partial charge in [-0.2, -0.15) is 0 Å². The molecule has 5 heteroatoms. The molecule has 1 aromatic heterocycles. The number of nitrogens with one attached hydrogen (secondary N) is 1. The molecular formula is C21H28N2O2S. The lowest BCUT2D eigenvalue weighted by Crippen LogP contribution is -2.41. The van der Waals surface area contributed by atoms with Crippen LogP contribution in [0, 0.1) is 13.8 Å². The zero-order valence-corrected chi connectivity index (χ0v) is 16.5. The second-order valence-corrected chi connectivity index (χ2v) is 7.95. The van der Waals surface area contributed by atoms with E-state index in [9.17, 15) is 4.79 Å². The van der Waals surface area contributed by atoms with Gasteiger partial charge >= 0.3 is 0 Å². The number of aryl methyl sites for hydroxylation is 2. The molecule has 2 heterocycles. The van der Waals surface area contributed by atoms with Gasteiger partial charge in [0.15, 0.2) is 6.61 Å². The summed E-state index contributed by atoms with van der Waals surface area (Å²) in [5, 5.41) is 5.17. The first-order valence-electron chi connectivity index (χ1n) is 9.37. The number of likely N-dealkylation sites (tertiary alicyclic amines) is 1. The maximum absolute atomic E-state index is 12.3. The van der Waals surface area contributed by atoms with Gasteiger partial charge in [0.25, 0.3) is 5.91 Å². The van der Waals surface area contributed by atoms with Crippen LogP contribution in [0.25, 0.3) is 0 Å². The zero-order valence-electron chi connectivity index (χ0n) is 15.7. The topological polar surface area (TPSA) is 41.6 Å². The molecule has 4 nitrogen and oxygen atoms in total. The summed E-state index contributed by atoms with van der Waals surface area (Å²) in [7, 11) is 0. The Hall–Kier alpha value is -1.85. The van der Waals surface area contributed by atoms with Crippen molar-refractivity contribution in [1.29, 1.82) is 0 Å². The van der Waals surface area contributed by atoms with Gasteiger partial charge in [-0.25, -0.2) is 0 Å². The van der Waals surface area contributed by atoms with E-state index in [2.05, 4.69) is 34.7 Å². The van der Waals surface area contributed by atoms with Gasteiger partial charge in [-0.05, 0) is 74.5 Å². The molecule has 1 aromatic carbocycles. The first-order valence-corrected chi connectivity index (χ1v) is 10.3. The summed E-state index contributed by atoms with van der Waals surface area (Å²) in [5.74, 6) is 0.677. The SMILES string of the molecule is Cc1ccc(OCC(=O)NC[C@H](c2cccs2)N2CCCCC2)cc1C. The van der Waals surface area contributed by atoms with Crippen molar-refractivity contribution in [1.82, 2.24) is 10.2 Å². The summed E-state index contributed by atoms with van der Waals surface area (Å²) < 4.78 is 5.65. The minimum Gasteiger partial charge on any atom is -0.484 e. The van der Waals surface area contributed by atoms with Crippen LogP contribution in [-0.4, -0.2) is 37.0 Å². The molecule has 1 N–H and O–H groups in total. The number of ether oxygens (including phenoxy) is 1. The van der Waals surface area contributed by atoms with Crippen molar-refractivity contribution in [3.8, 4) is 5.75 Å². The molecule has 140 valence electrons. The van der Waals surface area contributed by atoms with Crippen LogP contribution in [0.1, 0.15) is 41.3 Å². The summed E-state index contributed by atoms with van der Waals surface area (Å²) in [6, 6.07) is 10.4. The number of amides is 1. The van der Waals surface area contributed by atoms with Gasteiger partial charge in [-0.3, -0.25) is 9.69 Å². The molecule has 3 rings (SSSR count). The number of hydrogen-bond acceptors (Lipinski definition) is 4. The first kappa shape index (κ1) is 18.9. The second kappa shape index (κ2) is 9.19. The molecule has 26 heavy (non-hydrogen) atoms. The van der Waals surface area contributed by atoms with Crippen molar-refractivity contribution < 1.29 is 9.53 Å². The van der Waals surface area contributed by atoms with Crippen LogP contribution < -0.4 is 10.1 Å². The molecule has 1 amide bonds. The third-order valence-electron chi connectivity index (χ3n) is 5.04. The molecule has 0 radical (unpaired) electrons. The number of thiophene rings is 1. The number of hydrogen-bond donors (Lipinski definition) is 1. The number of nitrogens with zero attached hydrogens (tertiary/aromatic N) is 1. The fourth-order valence-electron chi connectivity index (χ4n) is 3.33. The lowest BCUT2D eigenvalue weighted by molar-refractivity contribution is -0.123. The van der Waals surface area contributed by atoms with Gasteiger partial charge in [-0.15, -0.1) is 11.3 Å². The number of benzene rings is 1. The summed E-state index contributed by atoms with van der Waals surface area (Å²) >= 11 is 1.77. The molecule has 0 unspecified atom stereocenters. The monoisotopic (exact) mass is 372 g/mol. The Bertz CT molecular complexity index is 709. The molecule has 1 atom stereocenters. The number of carbonyl (C=O) groups excluding carboxylic acids is 1. The van der Waals surface area contributed by atoms with Crippen molar-refractivity contribution in [3.63, 3.8) is 0 Å². The maximum Gasteiger partial charge on any atom is 0.258 e. The molecule has 1 fully saturated rings. The third-order valence-corrected chi connectivity index (χ3v) is 6.02. The van der Waals surface area contributed by atoms with Crippen molar-refractivity contribution in [2.75, 3.05) is 26.2 Å². The van der Waals surface area contributed by atoms with E-state index in [-0.39, 0.29) is 18.6 Å². The highest BCUT2D eigenvalue weighted by atomic mass is 32.1. The maximum atomic E-state index is 12.3. The largest absolute Gasteiger partial charge is 0.484 e. The Labute approximate surface area is 160 Å². The lowest BCUT2D eigenvalue weighted by atomic mass is 10.1. The molecule has 1 saturated heterocycles. The average molecular weight is 373 g/mol. The summed E-state index contributed by atoms with van der Waals surface area (Å²) in [4.78, 5) is 16.1. The van der Waals surface area contributed by atoms with E-state index in [1.165, 1.54) is 35.3 Å². The molecule has 1 aliphatic rings. The fourth-order valence-corrected chi connectivity index (χ4v) is 4.20. The van der Waals surface area contributed by atoms with Gasteiger partial charge in [0.2, 0.25) is 0 Å². The molecule has 2 aromatic rings. The number of carbonyl (C=O) groups is 1. The smallest absolute Gasteiger partial charge is 0.258 e. The predicted octanol–water partition coefficient (Wildman–Crippen LogP) is 4.09. The van der Waals surface area contributed by atoms with Crippen molar-refractivity contribution in [2.24, 2.45) is 0 Å². The van der Waals surface area contributed by atoms with E-state index in [0.29, 0.717) is 6.54 Å². The Morgan fingerprint density at radius 2 is 2.00 bits per heavy atom. The van der Waals surface area contributed by atoms with Crippen LogP contribution in [0.4, 0.5) is 0 Å². The predicted molar refractivity (Wildman–Crippen MR) is 107 cm³/mol. The quantitative estimate of drug-likeness (QED) is 0.796. The van der Waals surface area contributed by atoms with Crippen molar-refractivity contribution in [3.05, 3.63) is 51.7 Å². The van der Waals surface area contributed by atoms with E-state index in [1.54, 1.807) is 11.3 Å². The summed E-state index contributed by atoms with van der Waals surface area (Å²) in [6.07, 6.45) is 3.79. The normalized spacial score (nSPS) is 16.2. The van der Waals surface area contributed by atoms with E-state index >= 15 is 0 Å². The highest BCUT2D eigenvalue weighted by Crippen LogP contribution is 2.27. The minimum absolute atomic E-state index is 0.0552. The molecule has 0 aliphatic carbocycles. The van der Waals surface area contributed by atoms with E-state index < -0.39 is 0 Å². The van der Waals surface area contributed by atoms with Crippen LogP contribution in [-0.2, 0) is 4.79 Å². The van der Waals surface area contributed by atoms with Crippen LogP contribution in [0.3, 0.4) is 0 Å². The van der Waals surface area contributed by atoms with Crippen LogP contribution in [0.5, 0.6) is 5.75 Å². The molecular weight excluding hydrogens is 344 g/mol. The van der Waals surface area contributed by atoms with Gasteiger partial charge in [-0.1, -0.05) is 18.6 Å². The van der Waals surface area contributed by atoms with Crippen molar-refractivity contribution in [2.45, 2.75) is 39.2 Å². The van der Waals surface area contributed by atoms with Gasteiger partial charge < -0.3 is 10.1 Å². The second-order valence-electron chi connectivity index (χ2n) is 6.97. The standard InChI is InChI=1S/C21H28N2O2S/c1-16-8-9-18(13-17(16)2)25-15-21(24)22-14-19(20-7-6-12-26-20)23-10-4-3-5-11-23/h6-9,12-13,19H,3-5,10-11,14-15H2,1-2H3,(H,22,24)/t19-/m1/s1. The highest BCUT2D eigenvalue weighted by molar-refractivity contribution is 7.10. The number of piperidine rings is 1. The molecule has 0 saturated carbocycles. The van der Waals surface area contributed by atoms with E-state index in [1.807, 2.05) is 25.1 Å². The van der Waals surface area contributed by atoms with E-state index in [4.69, 9.17) is 4.74 Å². The minimum atomic E-state index is -0.0678. The van der Waals surface area contributed by atoms with Crippen molar-refractivity contribution >= 4 is 17.2 Å². The van der Waals surface area contributed by atoms with Crippen LogP contribution >= 0.6 is 11.3 Å². The molecule has 0 bridgehead atoms. The molecule has 1 aliphatic heterocycles. The fraction of sp³-hybridized carbons (Fsp3) is 0.476. The third kappa shape index (κ3) is 5.08. The van der Waals surface area contributed by atoms with Gasteiger partial charge in [0.1, 0.15) is 5.75 Å². The Morgan fingerprint density at radius 1 is 1.19 bits per heavy atom. The molecule has 0 spiro atoms. The number of rotatable bonds is 7. The van der Waals surface area contributed by atoms with Crippen LogP contribution in [0.2, 0.25) is 0 Å². The zero-order chi connectivity index (χ0) is 18.4. The van der Waals surface area contributed by atoms with Gasteiger partial charge in [0, 0.05) is 11.4 Å². The van der Waals surface area contributed by atoms with E-state index in [0.717, 1.165) is 18.8 Å². The Morgan fingerprint density at radius 3 is 2.69 bits per heavy atom. The summed E-state index contributed by atoms with van der Waals surface area (Å²) in [5.41, 5.74) is 2.40. The Kier molecular flexibility index (Phi) is 6.69. The van der Waals surface area contributed by atoms with Gasteiger partial charge in [0.05, 0.1) is 6.04 Å². The Balaban J connectivity index is 1.52. The first-order chi connectivity index (χ1) is 12.6. The summed E-state index contributed by atoms with van der Waals surface area (Å²) in [6.45, 7) is 7.02. The average Bonchev–Trinajstić information content (AvgIpc) is 3.18. The highest BCUT2D eigenvalue weighted by Gasteiger charge is 2.23. The lowest BCUT2D eigenvalue weighted by Gasteiger charge is -2.34. The van der Waals surface area contributed by atoms with Crippen LogP contribution in [0.15, 0.2) is 35.7 Å².